The topological polar surface area (TPSA) is 3.24 Å². The Morgan fingerprint density at radius 3 is 1.00 bits per heavy atom. The lowest BCUT2D eigenvalue weighted by atomic mass is 9.48. The first-order valence-corrected chi connectivity index (χ1v) is 28.9. The summed E-state index contributed by atoms with van der Waals surface area (Å²) in [5.41, 5.74) is 24.7. The van der Waals surface area contributed by atoms with Gasteiger partial charge in [-0.25, -0.2) is 0 Å². The molecular weight excluding hydrogens is 951 g/mol. The summed E-state index contributed by atoms with van der Waals surface area (Å²) < 4.78 is 0. The van der Waals surface area contributed by atoms with Crippen molar-refractivity contribution in [1.82, 2.24) is 0 Å². The summed E-state index contributed by atoms with van der Waals surface area (Å²) in [6, 6.07) is 105. The van der Waals surface area contributed by atoms with Gasteiger partial charge in [-0.3, -0.25) is 0 Å². The van der Waals surface area contributed by atoms with E-state index in [-0.39, 0.29) is 0 Å². The van der Waals surface area contributed by atoms with Crippen molar-refractivity contribution in [3.05, 3.63) is 329 Å². The minimum atomic E-state index is -0.530. The van der Waals surface area contributed by atoms with Crippen LogP contribution in [-0.2, 0) is 16.2 Å². The van der Waals surface area contributed by atoms with Gasteiger partial charge in [0.15, 0.2) is 0 Å². The van der Waals surface area contributed by atoms with Crippen molar-refractivity contribution in [2.45, 2.75) is 54.8 Å². The molecule has 0 unspecified atom stereocenters. The molecule has 0 aromatic heterocycles. The van der Waals surface area contributed by atoms with Crippen molar-refractivity contribution < 1.29 is 0 Å². The molecule has 6 aliphatic rings. The maximum atomic E-state index is 2.48. The van der Waals surface area contributed by atoms with Crippen LogP contribution in [0.2, 0.25) is 0 Å². The fourth-order valence-corrected chi connectivity index (χ4v) is 16.7. The summed E-state index contributed by atoms with van der Waals surface area (Å²) >= 11 is 0. The van der Waals surface area contributed by atoms with Gasteiger partial charge in [0, 0.05) is 17.1 Å². The van der Waals surface area contributed by atoms with Gasteiger partial charge in [0.25, 0.3) is 0 Å². The van der Waals surface area contributed by atoms with Gasteiger partial charge in [-0.2, -0.15) is 0 Å². The highest BCUT2D eigenvalue weighted by Crippen LogP contribution is 2.62. The van der Waals surface area contributed by atoms with Gasteiger partial charge in [-0.1, -0.05) is 243 Å². The molecule has 79 heavy (non-hydrogen) atoms. The molecule has 378 valence electrons. The molecule has 17 rings (SSSR count). The van der Waals surface area contributed by atoms with Gasteiger partial charge < -0.3 is 4.90 Å². The van der Waals surface area contributed by atoms with Gasteiger partial charge in [-0.05, 0) is 193 Å². The van der Waals surface area contributed by atoms with Crippen LogP contribution in [-0.4, -0.2) is 0 Å². The summed E-state index contributed by atoms with van der Waals surface area (Å²) in [6.07, 6.45) is 8.66. The number of nitrogens with zero attached hydrogens (tertiary/aromatic N) is 1. The van der Waals surface area contributed by atoms with Crippen LogP contribution in [0.5, 0.6) is 0 Å². The Kier molecular flexibility index (Phi) is 10.6. The fourth-order valence-electron chi connectivity index (χ4n) is 16.7. The molecule has 4 fully saturated rings. The van der Waals surface area contributed by atoms with Crippen LogP contribution in [0.4, 0.5) is 17.1 Å². The van der Waals surface area contributed by atoms with Crippen molar-refractivity contribution in [3.8, 4) is 44.5 Å². The third kappa shape index (κ3) is 7.08. The summed E-state index contributed by atoms with van der Waals surface area (Å²) in [6.45, 7) is 0. The summed E-state index contributed by atoms with van der Waals surface area (Å²) in [5.74, 6) is 2.86. The van der Waals surface area contributed by atoms with Gasteiger partial charge in [-0.15, -0.1) is 0 Å². The Labute approximate surface area is 465 Å². The van der Waals surface area contributed by atoms with E-state index in [1.54, 1.807) is 5.56 Å². The molecule has 1 heteroatoms. The molecule has 0 atom stereocenters. The molecule has 0 spiro atoms. The SMILES string of the molecule is c1ccc(C2(c3ccc(N(c4ccc(-c5ccc(-c6ccc(C78CC9CC(CC(C9)C7)C8)cc6)cc5)cc4)c4cccc(C5(c6ccccc6)c6ccccc6-c6ccccc65)c4)cc3)c3ccccc3-c3ccccc32)cc1. The lowest BCUT2D eigenvalue weighted by Gasteiger charge is -2.57. The molecule has 11 aromatic rings. The molecule has 0 heterocycles. The van der Waals surface area contributed by atoms with Crippen LogP contribution in [0.1, 0.15) is 88.6 Å². The molecule has 6 aliphatic carbocycles. The van der Waals surface area contributed by atoms with Crippen LogP contribution in [0.15, 0.2) is 279 Å². The predicted octanol–water partition coefficient (Wildman–Crippen LogP) is 19.7. The molecular formula is C78H61N. The normalized spacial score (nSPS) is 20.2. The largest absolute Gasteiger partial charge is 0.310 e. The van der Waals surface area contributed by atoms with Crippen molar-refractivity contribution >= 4 is 17.1 Å². The second-order valence-electron chi connectivity index (χ2n) is 23.7. The molecule has 0 radical (unpaired) electrons. The van der Waals surface area contributed by atoms with Gasteiger partial charge in [0.05, 0.1) is 10.8 Å². The van der Waals surface area contributed by atoms with E-state index in [1.165, 1.54) is 128 Å². The third-order valence-corrected chi connectivity index (χ3v) is 19.6. The van der Waals surface area contributed by atoms with E-state index < -0.39 is 10.8 Å². The standard InChI is InChI=1S/C78H61N/c1-3-16-61(17-4-1)77(72-26-11-7-22-68(72)69-23-8-12-27-73(69)77)63-40-44-66(45-41-63)79(67-21-15-20-64(49-67)78(62-18-5-2-6-19-62)74-28-13-9-24-70(74)71-25-10-14-29-75(71)78)65-42-36-59(37-43-65)57-32-30-56(31-33-57)58-34-38-60(39-35-58)76-50-53-46-54(51-76)48-55(47-53)52-76/h1-45,49,53-55H,46-48,50-52H2. The highest BCUT2D eigenvalue weighted by atomic mass is 15.1. The Morgan fingerprint density at radius 1 is 0.253 bits per heavy atom. The molecule has 4 bridgehead atoms. The lowest BCUT2D eigenvalue weighted by molar-refractivity contribution is -0.00518. The van der Waals surface area contributed by atoms with Crippen molar-refractivity contribution in [3.63, 3.8) is 0 Å². The first kappa shape index (κ1) is 46.3. The number of anilines is 3. The maximum absolute atomic E-state index is 2.48. The summed E-state index contributed by atoms with van der Waals surface area (Å²) in [7, 11) is 0. The van der Waals surface area contributed by atoms with Crippen molar-refractivity contribution in [2.75, 3.05) is 4.90 Å². The average molecular weight is 1010 g/mol. The molecule has 1 nitrogen and oxygen atoms in total. The monoisotopic (exact) mass is 1010 g/mol. The highest BCUT2D eigenvalue weighted by Gasteiger charge is 2.52. The second-order valence-corrected chi connectivity index (χ2v) is 23.7. The predicted molar refractivity (Wildman–Crippen MR) is 326 cm³/mol. The van der Waals surface area contributed by atoms with Crippen LogP contribution in [0, 0.1) is 17.8 Å². The number of benzene rings is 11. The Bertz CT molecular complexity index is 3950. The van der Waals surface area contributed by atoms with Crippen LogP contribution < -0.4 is 4.90 Å². The quantitative estimate of drug-likeness (QED) is 0.132. The highest BCUT2D eigenvalue weighted by molar-refractivity contribution is 5.89. The van der Waals surface area contributed by atoms with E-state index in [9.17, 15) is 0 Å². The van der Waals surface area contributed by atoms with Crippen LogP contribution in [0.25, 0.3) is 44.5 Å². The Morgan fingerprint density at radius 2 is 0.570 bits per heavy atom. The van der Waals surface area contributed by atoms with Crippen molar-refractivity contribution in [1.29, 1.82) is 0 Å². The zero-order chi connectivity index (χ0) is 52.1. The smallest absolute Gasteiger partial charge is 0.0714 e. The molecule has 0 amide bonds. The molecule has 0 aliphatic heterocycles. The minimum absolute atomic E-state index is 0.421. The van der Waals surface area contributed by atoms with Crippen LogP contribution in [0.3, 0.4) is 0 Å². The minimum Gasteiger partial charge on any atom is -0.310 e. The van der Waals surface area contributed by atoms with Gasteiger partial charge in [0.2, 0.25) is 0 Å². The molecule has 11 aromatic carbocycles. The maximum Gasteiger partial charge on any atom is 0.0714 e. The van der Waals surface area contributed by atoms with E-state index in [0.717, 1.165) is 34.8 Å². The van der Waals surface area contributed by atoms with E-state index >= 15 is 0 Å². The van der Waals surface area contributed by atoms with E-state index in [4.69, 9.17) is 0 Å². The first-order valence-electron chi connectivity index (χ1n) is 28.9. The third-order valence-electron chi connectivity index (χ3n) is 19.6. The Hall–Kier alpha value is -8.78. The van der Waals surface area contributed by atoms with Gasteiger partial charge >= 0.3 is 0 Å². The van der Waals surface area contributed by atoms with E-state index in [2.05, 4.69) is 284 Å². The van der Waals surface area contributed by atoms with Gasteiger partial charge in [0.1, 0.15) is 0 Å². The van der Waals surface area contributed by atoms with Crippen LogP contribution >= 0.6 is 0 Å². The number of fused-ring (bicyclic) bond motifs is 6. The Balaban J connectivity index is 0.801. The number of hydrogen-bond acceptors (Lipinski definition) is 1. The molecule has 4 saturated carbocycles. The fraction of sp³-hybridized carbons (Fsp3) is 0.154. The second kappa shape index (κ2) is 18.2. The molecule has 0 saturated heterocycles. The van der Waals surface area contributed by atoms with Crippen molar-refractivity contribution in [2.24, 2.45) is 17.8 Å². The summed E-state index contributed by atoms with van der Waals surface area (Å²) in [4.78, 5) is 2.46. The molecule has 0 N–H and O–H groups in total. The number of hydrogen-bond donors (Lipinski definition) is 0. The number of rotatable bonds is 10. The average Bonchev–Trinajstić information content (AvgIpc) is 3.65. The van der Waals surface area contributed by atoms with E-state index in [0.29, 0.717) is 5.41 Å². The van der Waals surface area contributed by atoms with E-state index in [1.807, 2.05) is 0 Å². The zero-order valence-electron chi connectivity index (χ0n) is 44.5. The summed E-state index contributed by atoms with van der Waals surface area (Å²) in [5, 5.41) is 0. The zero-order valence-corrected chi connectivity index (χ0v) is 44.5. The first-order chi connectivity index (χ1) is 39.1. The lowest BCUT2D eigenvalue weighted by Crippen LogP contribution is -2.48.